The van der Waals surface area contributed by atoms with E-state index in [1.165, 1.54) is 0 Å². The zero-order chi connectivity index (χ0) is 19.3. The summed E-state index contributed by atoms with van der Waals surface area (Å²) in [4.78, 5) is 23.5. The smallest absolute Gasteiger partial charge is 0.278 e. The van der Waals surface area contributed by atoms with Crippen LogP contribution < -0.4 is 16.0 Å². The molecular formula is C21H27N5O2. The van der Waals surface area contributed by atoms with Gasteiger partial charge >= 0.3 is 0 Å². The number of benzene rings is 2. The highest BCUT2D eigenvalue weighted by Gasteiger charge is 2.16. The Morgan fingerprint density at radius 1 is 1.11 bits per heavy atom. The number of carbonyl (C=O) groups is 1. The number of ether oxygens (including phenoxy) is 1. The first-order valence-corrected chi connectivity index (χ1v) is 9.13. The Morgan fingerprint density at radius 2 is 1.89 bits per heavy atom. The van der Waals surface area contributed by atoms with Gasteiger partial charge in [0.1, 0.15) is 0 Å². The Morgan fingerprint density at radius 3 is 2.68 bits per heavy atom. The van der Waals surface area contributed by atoms with Gasteiger partial charge in [-0.25, -0.2) is 9.97 Å². The molecule has 1 saturated heterocycles. The Balaban J connectivity index is 0.00000160. The predicted molar refractivity (Wildman–Crippen MR) is 116 cm³/mol. The molecule has 0 aliphatic carbocycles. The maximum absolute atomic E-state index is 12.6. The van der Waals surface area contributed by atoms with Crippen LogP contribution in [0.15, 0.2) is 60.8 Å². The van der Waals surface area contributed by atoms with E-state index in [0.29, 0.717) is 11.4 Å². The van der Waals surface area contributed by atoms with Crippen LogP contribution in [0.25, 0.3) is 11.3 Å². The molecule has 2 aromatic carbocycles. The molecule has 7 nitrogen and oxygen atoms in total. The number of rotatable bonds is 4. The standard InChI is InChI=1S/C21H21N5O2.3H2/c22-20-19(21(27)24-16-6-2-1-3-7-16)25-18(14-23-20)15-5-4-8-17(13-15)26-9-11-28-12-10-26;;;/h1-8,13-14H,9-12H2,(H2,22,23)(H,24,27);3*1H. The summed E-state index contributed by atoms with van der Waals surface area (Å²) in [5, 5.41) is 2.80. The fourth-order valence-corrected chi connectivity index (χ4v) is 3.10. The molecule has 1 aliphatic heterocycles. The van der Waals surface area contributed by atoms with Crippen molar-refractivity contribution in [3.63, 3.8) is 0 Å². The van der Waals surface area contributed by atoms with Gasteiger partial charge in [0.05, 0.1) is 25.1 Å². The molecule has 4 rings (SSSR count). The number of nitrogens with two attached hydrogens (primary N) is 1. The molecule has 1 fully saturated rings. The molecule has 0 radical (unpaired) electrons. The topological polar surface area (TPSA) is 93.4 Å². The largest absolute Gasteiger partial charge is 0.382 e. The van der Waals surface area contributed by atoms with Crippen molar-refractivity contribution in [3.8, 4) is 11.3 Å². The second-order valence-electron chi connectivity index (χ2n) is 6.46. The first-order valence-electron chi connectivity index (χ1n) is 9.13. The number of amides is 1. The van der Waals surface area contributed by atoms with E-state index in [4.69, 9.17) is 10.5 Å². The molecule has 0 atom stereocenters. The number of nitrogens with one attached hydrogen (secondary N) is 1. The van der Waals surface area contributed by atoms with Crippen molar-refractivity contribution in [3.05, 3.63) is 66.5 Å². The molecule has 3 N–H and O–H groups in total. The van der Waals surface area contributed by atoms with Crippen LogP contribution in [-0.4, -0.2) is 42.2 Å². The fourth-order valence-electron chi connectivity index (χ4n) is 3.10. The summed E-state index contributed by atoms with van der Waals surface area (Å²) in [6.45, 7) is 3.13. The van der Waals surface area contributed by atoms with Gasteiger partial charge in [-0.15, -0.1) is 0 Å². The lowest BCUT2D eigenvalue weighted by atomic mass is 10.1. The van der Waals surface area contributed by atoms with E-state index in [0.717, 1.165) is 37.6 Å². The van der Waals surface area contributed by atoms with E-state index in [9.17, 15) is 4.79 Å². The van der Waals surface area contributed by atoms with Gasteiger partial charge in [-0.1, -0.05) is 30.3 Å². The third kappa shape index (κ3) is 3.94. The van der Waals surface area contributed by atoms with E-state index in [1.54, 1.807) is 18.3 Å². The molecule has 0 bridgehead atoms. The molecular weight excluding hydrogens is 354 g/mol. The van der Waals surface area contributed by atoms with Gasteiger partial charge < -0.3 is 20.7 Å². The molecule has 2 heterocycles. The molecule has 28 heavy (non-hydrogen) atoms. The van der Waals surface area contributed by atoms with Crippen molar-refractivity contribution >= 4 is 23.1 Å². The van der Waals surface area contributed by atoms with Gasteiger partial charge in [-0.3, -0.25) is 4.79 Å². The molecule has 3 aromatic rings. The SMILES string of the molecule is Nc1ncc(-c2cccc(N3CCOCC3)c2)nc1C(=O)Nc1ccccc1.[HH].[HH].[HH]. The highest BCUT2D eigenvalue weighted by atomic mass is 16.5. The third-order valence-electron chi connectivity index (χ3n) is 4.57. The van der Waals surface area contributed by atoms with Crippen LogP contribution in [0.2, 0.25) is 0 Å². The molecule has 148 valence electrons. The third-order valence-corrected chi connectivity index (χ3v) is 4.57. The van der Waals surface area contributed by atoms with Crippen molar-refractivity contribution in [2.45, 2.75) is 0 Å². The summed E-state index contributed by atoms with van der Waals surface area (Å²) < 4.78 is 5.42. The van der Waals surface area contributed by atoms with Crippen LogP contribution in [0, 0.1) is 0 Å². The van der Waals surface area contributed by atoms with Crippen molar-refractivity contribution in [2.75, 3.05) is 42.3 Å². The summed E-state index contributed by atoms with van der Waals surface area (Å²) in [7, 11) is 0. The summed E-state index contributed by atoms with van der Waals surface area (Å²) in [6, 6.07) is 17.2. The van der Waals surface area contributed by atoms with Gasteiger partial charge in [0.2, 0.25) is 0 Å². The first kappa shape index (κ1) is 17.9. The molecule has 1 aliphatic rings. The number of nitrogen functional groups attached to an aromatic ring is 1. The monoisotopic (exact) mass is 381 g/mol. The van der Waals surface area contributed by atoms with Crippen LogP contribution in [0.1, 0.15) is 14.8 Å². The molecule has 1 aromatic heterocycles. The maximum atomic E-state index is 12.6. The molecule has 1 amide bonds. The number of anilines is 3. The van der Waals surface area contributed by atoms with Crippen molar-refractivity contribution in [2.24, 2.45) is 0 Å². The van der Waals surface area contributed by atoms with E-state index in [1.807, 2.05) is 36.4 Å². The van der Waals surface area contributed by atoms with Crippen LogP contribution >= 0.6 is 0 Å². The van der Waals surface area contributed by atoms with Gasteiger partial charge in [0, 0.05) is 34.3 Å². The summed E-state index contributed by atoms with van der Waals surface area (Å²) in [6.07, 6.45) is 1.59. The molecule has 0 unspecified atom stereocenters. The number of hydrogen-bond acceptors (Lipinski definition) is 6. The quantitative estimate of drug-likeness (QED) is 0.718. The lowest BCUT2D eigenvalue weighted by Gasteiger charge is -2.29. The number of aromatic nitrogens is 2. The second-order valence-corrected chi connectivity index (χ2v) is 6.46. The van der Waals surface area contributed by atoms with Crippen LogP contribution in [0.4, 0.5) is 17.2 Å². The van der Waals surface area contributed by atoms with Crippen molar-refractivity contribution in [1.29, 1.82) is 0 Å². The van der Waals surface area contributed by atoms with Gasteiger partial charge in [0.15, 0.2) is 11.5 Å². The molecule has 0 saturated carbocycles. The molecule has 0 spiro atoms. The average Bonchev–Trinajstić information content (AvgIpc) is 2.75. The number of carbonyl (C=O) groups excluding carboxylic acids is 1. The van der Waals surface area contributed by atoms with E-state index in [2.05, 4.69) is 26.3 Å². The Bertz CT molecular complexity index is 986. The lowest BCUT2D eigenvalue weighted by Crippen LogP contribution is -2.36. The highest BCUT2D eigenvalue weighted by molar-refractivity contribution is 6.05. The van der Waals surface area contributed by atoms with Crippen LogP contribution in [-0.2, 0) is 4.74 Å². The average molecular weight is 381 g/mol. The van der Waals surface area contributed by atoms with E-state index >= 15 is 0 Å². The minimum absolute atomic E-state index is 0. The maximum Gasteiger partial charge on any atom is 0.278 e. The number of morpholine rings is 1. The summed E-state index contributed by atoms with van der Waals surface area (Å²) in [5.41, 5.74) is 9.27. The van der Waals surface area contributed by atoms with Crippen molar-refractivity contribution in [1.82, 2.24) is 9.97 Å². The van der Waals surface area contributed by atoms with Gasteiger partial charge in [-0.2, -0.15) is 0 Å². The Hall–Kier alpha value is -3.45. The number of hydrogen-bond donors (Lipinski definition) is 2. The number of para-hydroxylation sites is 1. The van der Waals surface area contributed by atoms with E-state index in [-0.39, 0.29) is 21.7 Å². The zero-order valence-corrected chi connectivity index (χ0v) is 15.3. The molecule has 7 heteroatoms. The van der Waals surface area contributed by atoms with E-state index < -0.39 is 0 Å². The highest BCUT2D eigenvalue weighted by Crippen LogP contribution is 2.25. The van der Waals surface area contributed by atoms with Crippen molar-refractivity contribution < 1.29 is 13.8 Å². The first-order chi connectivity index (χ1) is 13.7. The predicted octanol–water partition coefficient (Wildman–Crippen LogP) is 3.55. The number of nitrogens with zero attached hydrogens (tertiary/aromatic N) is 3. The second kappa shape index (κ2) is 8.06. The summed E-state index contributed by atoms with van der Waals surface area (Å²) >= 11 is 0. The summed E-state index contributed by atoms with van der Waals surface area (Å²) in [5.74, 6) is -0.288. The Labute approximate surface area is 167 Å². The Kier molecular flexibility index (Phi) is 5.16. The normalized spacial score (nSPS) is 13.9. The lowest BCUT2D eigenvalue weighted by molar-refractivity contribution is 0.102. The van der Waals surface area contributed by atoms with Gasteiger partial charge in [-0.05, 0) is 24.3 Å². The fraction of sp³-hybridized carbons (Fsp3) is 0.190. The minimum atomic E-state index is -0.387. The zero-order valence-electron chi connectivity index (χ0n) is 15.3. The van der Waals surface area contributed by atoms with Crippen LogP contribution in [0.5, 0.6) is 0 Å². The van der Waals surface area contributed by atoms with Crippen LogP contribution in [0.3, 0.4) is 0 Å². The minimum Gasteiger partial charge on any atom is -0.382 e. The van der Waals surface area contributed by atoms with Gasteiger partial charge in [0.25, 0.3) is 5.91 Å².